The predicted octanol–water partition coefficient (Wildman–Crippen LogP) is 4.40. The number of benzene rings is 1. The molecule has 0 fully saturated rings. The number of hydrogen-bond acceptors (Lipinski definition) is 2. The minimum Gasteiger partial charge on any atom is -0.493 e. The second-order valence-corrected chi connectivity index (χ2v) is 7.76. The predicted molar refractivity (Wildman–Crippen MR) is 87.7 cm³/mol. The quantitative estimate of drug-likeness (QED) is 0.861. The lowest BCUT2D eigenvalue weighted by Crippen LogP contribution is -2.43. The third kappa shape index (κ3) is 5.54. The van der Waals surface area contributed by atoms with Gasteiger partial charge in [0.2, 0.25) is 0 Å². The summed E-state index contributed by atoms with van der Waals surface area (Å²) in [6.07, 6.45) is 0. The summed E-state index contributed by atoms with van der Waals surface area (Å²) in [5.74, 6) is 1.02. The first-order chi connectivity index (χ1) is 9.00. The van der Waals surface area contributed by atoms with Crippen molar-refractivity contribution in [2.75, 3.05) is 13.2 Å². The second kappa shape index (κ2) is 6.17. The molecule has 0 unspecified atom stereocenters. The van der Waals surface area contributed by atoms with Crippen molar-refractivity contribution in [2.45, 2.75) is 60.9 Å². The van der Waals surface area contributed by atoms with E-state index in [2.05, 4.69) is 72.8 Å². The minimum atomic E-state index is 0.109. The van der Waals surface area contributed by atoms with E-state index in [0.717, 1.165) is 18.9 Å². The van der Waals surface area contributed by atoms with Crippen molar-refractivity contribution in [2.24, 2.45) is 5.41 Å². The Morgan fingerprint density at radius 2 is 1.60 bits per heavy atom. The average molecular weight is 277 g/mol. The molecule has 0 aliphatic heterocycles. The van der Waals surface area contributed by atoms with Gasteiger partial charge in [0, 0.05) is 17.5 Å². The Labute approximate surface area is 124 Å². The van der Waals surface area contributed by atoms with Crippen LogP contribution in [0.2, 0.25) is 0 Å². The van der Waals surface area contributed by atoms with Crippen molar-refractivity contribution < 1.29 is 4.74 Å². The largest absolute Gasteiger partial charge is 0.493 e. The molecule has 0 aromatic heterocycles. The first-order valence-electron chi connectivity index (χ1n) is 7.46. The Kier molecular flexibility index (Phi) is 5.26. The third-order valence-corrected chi connectivity index (χ3v) is 3.48. The zero-order valence-corrected chi connectivity index (χ0v) is 14.5. The SMILES string of the molecule is Cc1cc(C)c(C)c(OCC(C)(C)CNC(C)(C)C)c1. The molecule has 0 aliphatic carbocycles. The number of nitrogens with one attached hydrogen (secondary N) is 1. The maximum atomic E-state index is 6.09. The van der Waals surface area contributed by atoms with Crippen LogP contribution in [0.3, 0.4) is 0 Å². The molecule has 0 amide bonds. The molecule has 1 rings (SSSR count). The lowest BCUT2D eigenvalue weighted by Gasteiger charge is -2.30. The van der Waals surface area contributed by atoms with Crippen molar-refractivity contribution in [1.82, 2.24) is 5.32 Å². The summed E-state index contributed by atoms with van der Waals surface area (Å²) < 4.78 is 6.09. The topological polar surface area (TPSA) is 21.3 Å². The van der Waals surface area contributed by atoms with E-state index < -0.39 is 0 Å². The maximum Gasteiger partial charge on any atom is 0.122 e. The number of ether oxygens (including phenoxy) is 1. The average Bonchev–Trinajstić information content (AvgIpc) is 2.29. The minimum absolute atomic E-state index is 0.109. The van der Waals surface area contributed by atoms with Gasteiger partial charge in [-0.2, -0.15) is 0 Å². The van der Waals surface area contributed by atoms with Gasteiger partial charge in [0.15, 0.2) is 0 Å². The van der Waals surface area contributed by atoms with E-state index in [1.165, 1.54) is 16.7 Å². The standard InChI is InChI=1S/C18H31NO/c1-13-9-14(2)15(3)16(10-13)20-12-18(7,8)11-19-17(4,5)6/h9-10,19H,11-12H2,1-8H3. The van der Waals surface area contributed by atoms with Crippen LogP contribution in [-0.4, -0.2) is 18.7 Å². The van der Waals surface area contributed by atoms with Crippen LogP contribution in [0.4, 0.5) is 0 Å². The molecular formula is C18H31NO. The fourth-order valence-electron chi connectivity index (χ4n) is 1.98. The molecule has 0 spiro atoms. The second-order valence-electron chi connectivity index (χ2n) is 7.76. The van der Waals surface area contributed by atoms with Crippen molar-refractivity contribution in [3.05, 3.63) is 28.8 Å². The Morgan fingerprint density at radius 3 is 2.15 bits per heavy atom. The highest BCUT2D eigenvalue weighted by Crippen LogP contribution is 2.25. The summed E-state index contributed by atoms with van der Waals surface area (Å²) in [6.45, 7) is 19.1. The van der Waals surface area contributed by atoms with E-state index in [1.807, 2.05) is 0 Å². The van der Waals surface area contributed by atoms with Crippen LogP contribution in [0.1, 0.15) is 51.3 Å². The van der Waals surface area contributed by atoms with Crippen molar-refractivity contribution in [1.29, 1.82) is 0 Å². The van der Waals surface area contributed by atoms with Gasteiger partial charge in [-0.3, -0.25) is 0 Å². The maximum absolute atomic E-state index is 6.09. The molecule has 20 heavy (non-hydrogen) atoms. The molecule has 0 radical (unpaired) electrons. The summed E-state index contributed by atoms with van der Waals surface area (Å²) in [5, 5.41) is 3.56. The van der Waals surface area contributed by atoms with Crippen molar-refractivity contribution in [3.8, 4) is 5.75 Å². The first kappa shape index (κ1) is 17.0. The molecule has 114 valence electrons. The van der Waals surface area contributed by atoms with Gasteiger partial charge in [0.05, 0.1) is 6.61 Å². The van der Waals surface area contributed by atoms with E-state index in [9.17, 15) is 0 Å². The fraction of sp³-hybridized carbons (Fsp3) is 0.667. The zero-order chi connectivity index (χ0) is 15.6. The van der Waals surface area contributed by atoms with Crippen molar-refractivity contribution in [3.63, 3.8) is 0 Å². The Bertz CT molecular complexity index is 455. The van der Waals surface area contributed by atoms with E-state index in [0.29, 0.717) is 0 Å². The summed E-state index contributed by atoms with van der Waals surface area (Å²) >= 11 is 0. The molecule has 0 saturated heterocycles. The highest BCUT2D eigenvalue weighted by atomic mass is 16.5. The molecule has 0 aliphatic rings. The number of hydrogen-bond donors (Lipinski definition) is 1. The van der Waals surface area contributed by atoms with Gasteiger partial charge < -0.3 is 10.1 Å². The van der Waals surface area contributed by atoms with E-state index in [4.69, 9.17) is 4.74 Å². The Balaban J connectivity index is 2.66. The number of aryl methyl sites for hydroxylation is 2. The summed E-state index contributed by atoms with van der Waals surface area (Å²) in [6, 6.07) is 4.34. The van der Waals surface area contributed by atoms with Gasteiger partial charge >= 0.3 is 0 Å². The van der Waals surface area contributed by atoms with E-state index >= 15 is 0 Å². The molecule has 1 aromatic carbocycles. The molecule has 0 bridgehead atoms. The summed E-state index contributed by atoms with van der Waals surface area (Å²) in [4.78, 5) is 0. The zero-order valence-electron chi connectivity index (χ0n) is 14.5. The summed E-state index contributed by atoms with van der Waals surface area (Å²) in [7, 11) is 0. The molecule has 0 heterocycles. The van der Waals surface area contributed by atoms with Crippen LogP contribution >= 0.6 is 0 Å². The highest BCUT2D eigenvalue weighted by molar-refractivity contribution is 5.41. The molecule has 0 atom stereocenters. The van der Waals surface area contributed by atoms with Crippen LogP contribution in [0.25, 0.3) is 0 Å². The lowest BCUT2D eigenvalue weighted by atomic mass is 9.93. The van der Waals surface area contributed by atoms with Gasteiger partial charge in [-0.15, -0.1) is 0 Å². The Morgan fingerprint density at radius 1 is 1.00 bits per heavy atom. The first-order valence-corrected chi connectivity index (χ1v) is 7.46. The van der Waals surface area contributed by atoms with Gasteiger partial charge in [0.1, 0.15) is 5.75 Å². The van der Waals surface area contributed by atoms with Crippen molar-refractivity contribution >= 4 is 0 Å². The monoisotopic (exact) mass is 277 g/mol. The van der Waals surface area contributed by atoms with E-state index in [1.54, 1.807) is 0 Å². The molecular weight excluding hydrogens is 246 g/mol. The summed E-state index contributed by atoms with van der Waals surface area (Å²) in [5.41, 5.74) is 4.05. The fourth-order valence-corrected chi connectivity index (χ4v) is 1.98. The normalized spacial score (nSPS) is 12.6. The highest BCUT2D eigenvalue weighted by Gasteiger charge is 2.22. The molecule has 1 N–H and O–H groups in total. The molecule has 0 saturated carbocycles. The smallest absolute Gasteiger partial charge is 0.122 e. The van der Waals surface area contributed by atoms with Crippen LogP contribution in [-0.2, 0) is 0 Å². The van der Waals surface area contributed by atoms with Gasteiger partial charge in [-0.05, 0) is 64.3 Å². The van der Waals surface area contributed by atoms with Crippen LogP contribution in [0.15, 0.2) is 12.1 Å². The molecule has 2 nitrogen and oxygen atoms in total. The molecule has 1 aromatic rings. The van der Waals surface area contributed by atoms with Crippen LogP contribution in [0.5, 0.6) is 5.75 Å². The van der Waals surface area contributed by atoms with E-state index in [-0.39, 0.29) is 11.0 Å². The molecule has 2 heteroatoms. The van der Waals surface area contributed by atoms with Crippen LogP contribution < -0.4 is 10.1 Å². The van der Waals surface area contributed by atoms with Gasteiger partial charge in [-0.25, -0.2) is 0 Å². The van der Waals surface area contributed by atoms with Gasteiger partial charge in [-0.1, -0.05) is 19.9 Å². The van der Waals surface area contributed by atoms with Gasteiger partial charge in [0.25, 0.3) is 0 Å². The third-order valence-electron chi connectivity index (χ3n) is 3.48. The number of rotatable bonds is 5. The Hall–Kier alpha value is -1.02. The lowest BCUT2D eigenvalue weighted by molar-refractivity contribution is 0.165. The van der Waals surface area contributed by atoms with Crippen LogP contribution in [0, 0.1) is 26.2 Å².